The number of fused-ring (bicyclic) bond motifs is 6. The molecule has 29 heavy (non-hydrogen) atoms. The maximum Gasteiger partial charge on any atom is 0.0539 e. The van der Waals surface area contributed by atoms with Gasteiger partial charge >= 0.3 is 0 Å². The maximum absolute atomic E-state index is 4.30. The van der Waals surface area contributed by atoms with Crippen LogP contribution in [0, 0.1) is 5.92 Å². The monoisotopic (exact) mass is 377 g/mol. The minimum Gasteiger partial charge on any atom is -0.336 e. The third-order valence-corrected chi connectivity index (χ3v) is 6.70. The highest BCUT2D eigenvalue weighted by atomic mass is 15.2. The Morgan fingerprint density at radius 3 is 2.00 bits per heavy atom. The fraction of sp³-hybridized carbons (Fsp3) is 0.214. The maximum atomic E-state index is 4.30. The summed E-state index contributed by atoms with van der Waals surface area (Å²) >= 11 is 0. The lowest BCUT2D eigenvalue weighted by molar-refractivity contribution is 0.427. The highest BCUT2D eigenvalue weighted by Gasteiger charge is 2.42. The number of benzene rings is 4. The number of rotatable bonds is 4. The van der Waals surface area contributed by atoms with Crippen LogP contribution in [0.3, 0.4) is 0 Å². The van der Waals surface area contributed by atoms with E-state index in [0.29, 0.717) is 17.9 Å². The van der Waals surface area contributed by atoms with Gasteiger partial charge in [0.2, 0.25) is 0 Å². The Morgan fingerprint density at radius 2 is 1.38 bits per heavy atom. The highest BCUT2D eigenvalue weighted by molar-refractivity contribution is 6.17. The highest BCUT2D eigenvalue weighted by Crippen LogP contribution is 2.54. The molecule has 3 atom stereocenters. The molecule has 0 aliphatic carbocycles. The molecule has 0 fully saturated rings. The molecule has 0 radical (unpaired) electrons. The van der Waals surface area contributed by atoms with E-state index in [4.69, 9.17) is 0 Å². The molecule has 144 valence electrons. The van der Waals surface area contributed by atoms with Crippen molar-refractivity contribution in [2.45, 2.75) is 32.2 Å². The molecule has 1 aliphatic heterocycles. The van der Waals surface area contributed by atoms with Crippen molar-refractivity contribution in [1.29, 1.82) is 0 Å². The largest absolute Gasteiger partial charge is 0.336 e. The van der Waals surface area contributed by atoms with Crippen molar-refractivity contribution >= 4 is 32.9 Å². The molecule has 0 saturated carbocycles. The zero-order valence-electron chi connectivity index (χ0n) is 17.2. The normalized spacial score (nSPS) is 19.4. The van der Waals surface area contributed by atoms with Crippen LogP contribution in [0.25, 0.3) is 21.5 Å². The van der Waals surface area contributed by atoms with E-state index >= 15 is 0 Å². The molecule has 1 heterocycles. The smallest absolute Gasteiger partial charge is 0.0539 e. The summed E-state index contributed by atoms with van der Waals surface area (Å²) in [6, 6.07) is 29.0. The van der Waals surface area contributed by atoms with Crippen molar-refractivity contribution in [2.24, 2.45) is 5.92 Å². The molecule has 0 saturated heterocycles. The lowest BCUT2D eigenvalue weighted by Crippen LogP contribution is -2.35. The standard InChI is InChI=1S/C28H27N/c1-4-19(3)27-21(5-2)26-24-17-11-9-15-22(24)23-16-10-12-18-25(23)28(26)29(27)20-13-7-6-8-14-20/h5-19,21,27H,2,4H2,1,3H3/t19-,21?,27?/m0/s1. The molecule has 0 amide bonds. The molecule has 0 N–H and O–H groups in total. The Morgan fingerprint density at radius 1 is 0.828 bits per heavy atom. The van der Waals surface area contributed by atoms with Crippen LogP contribution in [0.1, 0.15) is 31.7 Å². The topological polar surface area (TPSA) is 3.24 Å². The van der Waals surface area contributed by atoms with Crippen LogP contribution < -0.4 is 4.90 Å². The average molecular weight is 378 g/mol. The van der Waals surface area contributed by atoms with Gasteiger partial charge in [0.15, 0.2) is 0 Å². The molecule has 1 aliphatic rings. The Balaban J connectivity index is 1.95. The van der Waals surface area contributed by atoms with Gasteiger partial charge in [-0.05, 0) is 39.8 Å². The molecule has 2 unspecified atom stereocenters. The van der Waals surface area contributed by atoms with Gasteiger partial charge in [-0.3, -0.25) is 0 Å². The van der Waals surface area contributed by atoms with E-state index in [9.17, 15) is 0 Å². The fourth-order valence-corrected chi connectivity index (χ4v) is 5.22. The van der Waals surface area contributed by atoms with E-state index in [2.05, 4.69) is 110 Å². The van der Waals surface area contributed by atoms with E-state index in [1.807, 2.05) is 0 Å². The summed E-state index contributed by atoms with van der Waals surface area (Å²) in [4.78, 5) is 2.60. The first-order valence-corrected chi connectivity index (χ1v) is 10.7. The van der Waals surface area contributed by atoms with E-state index < -0.39 is 0 Å². The molecular formula is C28H27N. The minimum atomic E-state index is 0.301. The van der Waals surface area contributed by atoms with Crippen molar-refractivity contribution < 1.29 is 0 Å². The minimum absolute atomic E-state index is 0.301. The second-order valence-corrected chi connectivity index (χ2v) is 8.20. The Labute approximate surface area is 173 Å². The van der Waals surface area contributed by atoms with Crippen molar-refractivity contribution in [1.82, 2.24) is 0 Å². The third kappa shape index (κ3) is 2.61. The average Bonchev–Trinajstić information content (AvgIpc) is 3.15. The Kier molecular flexibility index (Phi) is 4.39. The van der Waals surface area contributed by atoms with Crippen LogP contribution in [-0.2, 0) is 0 Å². The summed E-state index contributed by atoms with van der Waals surface area (Å²) in [5.74, 6) is 0.845. The molecule has 1 nitrogen and oxygen atoms in total. The Bertz CT molecular complexity index is 1190. The number of anilines is 2. The SMILES string of the molecule is C=CC1c2c(c3ccccc3c3ccccc23)N(c2ccccc2)C1[C@@H](C)CC. The van der Waals surface area contributed by atoms with Gasteiger partial charge < -0.3 is 4.90 Å². The van der Waals surface area contributed by atoms with Crippen LogP contribution in [0.5, 0.6) is 0 Å². The fourth-order valence-electron chi connectivity index (χ4n) is 5.22. The molecule has 0 bridgehead atoms. The van der Waals surface area contributed by atoms with Crippen molar-refractivity contribution in [2.75, 3.05) is 4.90 Å². The molecule has 5 rings (SSSR count). The molecule has 4 aromatic rings. The van der Waals surface area contributed by atoms with Gasteiger partial charge in [-0.2, -0.15) is 0 Å². The summed E-state index contributed by atoms with van der Waals surface area (Å²) in [6.07, 6.45) is 3.32. The van der Waals surface area contributed by atoms with Crippen LogP contribution in [0.4, 0.5) is 11.4 Å². The molecule has 0 spiro atoms. The molecule has 0 aromatic heterocycles. The van der Waals surface area contributed by atoms with Crippen LogP contribution in [0.15, 0.2) is 91.5 Å². The van der Waals surface area contributed by atoms with E-state index in [-0.39, 0.29) is 0 Å². The van der Waals surface area contributed by atoms with Gasteiger partial charge in [-0.1, -0.05) is 93.1 Å². The first-order chi connectivity index (χ1) is 14.3. The quantitative estimate of drug-likeness (QED) is 0.259. The number of para-hydroxylation sites is 1. The Hall–Kier alpha value is -3.06. The second kappa shape index (κ2) is 7.08. The van der Waals surface area contributed by atoms with Crippen LogP contribution in [-0.4, -0.2) is 6.04 Å². The van der Waals surface area contributed by atoms with Gasteiger partial charge in [-0.25, -0.2) is 0 Å². The van der Waals surface area contributed by atoms with Gasteiger partial charge in [0.1, 0.15) is 0 Å². The van der Waals surface area contributed by atoms with Gasteiger partial charge in [-0.15, -0.1) is 6.58 Å². The predicted molar refractivity (Wildman–Crippen MR) is 126 cm³/mol. The van der Waals surface area contributed by atoms with Gasteiger partial charge in [0, 0.05) is 23.0 Å². The first-order valence-electron chi connectivity index (χ1n) is 10.7. The summed E-state index contributed by atoms with van der Waals surface area (Å²) in [7, 11) is 0. The van der Waals surface area contributed by atoms with Gasteiger partial charge in [0.25, 0.3) is 0 Å². The summed E-state index contributed by atoms with van der Waals surface area (Å²) in [5.41, 5.74) is 4.06. The van der Waals surface area contributed by atoms with E-state index in [1.54, 1.807) is 0 Å². The molecular weight excluding hydrogens is 350 g/mol. The van der Waals surface area contributed by atoms with Crippen molar-refractivity contribution in [3.05, 3.63) is 97.1 Å². The zero-order chi connectivity index (χ0) is 20.0. The lowest BCUT2D eigenvalue weighted by Gasteiger charge is -2.34. The van der Waals surface area contributed by atoms with Crippen LogP contribution in [0.2, 0.25) is 0 Å². The lowest BCUT2D eigenvalue weighted by atomic mass is 9.83. The van der Waals surface area contributed by atoms with E-state index in [0.717, 1.165) is 6.42 Å². The van der Waals surface area contributed by atoms with Crippen LogP contribution >= 0.6 is 0 Å². The first kappa shape index (κ1) is 18.0. The number of hydrogen-bond acceptors (Lipinski definition) is 1. The van der Waals surface area contributed by atoms with Crippen molar-refractivity contribution in [3.63, 3.8) is 0 Å². The predicted octanol–water partition coefficient (Wildman–Crippen LogP) is 7.83. The molecule has 4 aromatic carbocycles. The third-order valence-electron chi connectivity index (χ3n) is 6.70. The summed E-state index contributed by atoms with van der Waals surface area (Å²) in [5, 5.41) is 5.36. The van der Waals surface area contributed by atoms with Crippen molar-refractivity contribution in [3.8, 4) is 0 Å². The van der Waals surface area contributed by atoms with E-state index in [1.165, 1.54) is 38.5 Å². The summed E-state index contributed by atoms with van der Waals surface area (Å²) < 4.78 is 0. The number of hydrogen-bond donors (Lipinski definition) is 0. The zero-order valence-corrected chi connectivity index (χ0v) is 17.2. The summed E-state index contributed by atoms with van der Waals surface area (Å²) in [6.45, 7) is 8.98. The molecule has 1 heteroatoms. The second-order valence-electron chi connectivity index (χ2n) is 8.20. The van der Waals surface area contributed by atoms with Gasteiger partial charge in [0.05, 0.1) is 5.69 Å². The number of nitrogens with zero attached hydrogens (tertiary/aromatic N) is 1.